The molecule has 0 bridgehead atoms. The standard InChI is InChI=1S/C18H16ClFN4O3S/c1-23-10-9-17(22-23)21-18(25)15-11-14(7-8-16(15)19)28(26,27)24(2)13-5-3-12(20)4-6-13/h3-11H,1-2H3,(H,21,22,25). The maximum atomic E-state index is 13.1. The van der Waals surface area contributed by atoms with E-state index in [1.54, 1.807) is 19.3 Å². The van der Waals surface area contributed by atoms with Gasteiger partial charge in [-0.25, -0.2) is 12.8 Å². The number of benzene rings is 2. The number of hydrogen-bond acceptors (Lipinski definition) is 4. The Bertz CT molecular complexity index is 1130. The first-order valence-electron chi connectivity index (χ1n) is 8.03. The average molecular weight is 423 g/mol. The van der Waals surface area contributed by atoms with Crippen LogP contribution in [0, 0.1) is 5.82 Å². The molecular formula is C18H16ClFN4O3S. The normalized spacial score (nSPS) is 11.3. The lowest BCUT2D eigenvalue weighted by atomic mass is 10.2. The molecule has 0 saturated heterocycles. The zero-order chi connectivity index (χ0) is 20.5. The molecule has 28 heavy (non-hydrogen) atoms. The van der Waals surface area contributed by atoms with Crippen LogP contribution in [0.25, 0.3) is 0 Å². The van der Waals surface area contributed by atoms with Crippen molar-refractivity contribution in [2.75, 3.05) is 16.7 Å². The van der Waals surface area contributed by atoms with Gasteiger partial charge in [0.05, 0.1) is 21.2 Å². The monoisotopic (exact) mass is 422 g/mol. The summed E-state index contributed by atoms with van der Waals surface area (Å²) < 4.78 is 41.4. The Hall–Kier alpha value is -2.91. The van der Waals surface area contributed by atoms with Crippen molar-refractivity contribution in [3.8, 4) is 0 Å². The molecule has 2 aromatic carbocycles. The summed E-state index contributed by atoms with van der Waals surface area (Å²) in [4.78, 5) is 12.4. The number of hydrogen-bond donors (Lipinski definition) is 1. The van der Waals surface area contributed by atoms with E-state index in [0.29, 0.717) is 5.82 Å². The second-order valence-corrected chi connectivity index (χ2v) is 8.30. The van der Waals surface area contributed by atoms with Crippen molar-refractivity contribution in [1.29, 1.82) is 0 Å². The van der Waals surface area contributed by atoms with Crippen LogP contribution in [0.15, 0.2) is 59.6 Å². The summed E-state index contributed by atoms with van der Waals surface area (Å²) in [5.74, 6) is -0.764. The number of aryl methyl sites for hydroxylation is 1. The van der Waals surface area contributed by atoms with Gasteiger partial charge in [0.2, 0.25) is 0 Å². The van der Waals surface area contributed by atoms with Gasteiger partial charge < -0.3 is 5.32 Å². The highest BCUT2D eigenvalue weighted by molar-refractivity contribution is 7.92. The van der Waals surface area contributed by atoms with Gasteiger partial charge in [0.25, 0.3) is 15.9 Å². The van der Waals surface area contributed by atoms with Crippen molar-refractivity contribution in [2.24, 2.45) is 7.05 Å². The highest BCUT2D eigenvalue weighted by atomic mass is 35.5. The molecule has 1 aromatic heterocycles. The van der Waals surface area contributed by atoms with Crippen LogP contribution in [-0.4, -0.2) is 31.2 Å². The molecule has 1 amide bonds. The Kier molecular flexibility index (Phi) is 5.39. The molecule has 0 spiro atoms. The van der Waals surface area contributed by atoms with Crippen molar-refractivity contribution in [2.45, 2.75) is 4.90 Å². The lowest BCUT2D eigenvalue weighted by Crippen LogP contribution is -2.27. The lowest BCUT2D eigenvalue weighted by Gasteiger charge is -2.20. The Balaban J connectivity index is 1.93. The average Bonchev–Trinajstić information content (AvgIpc) is 3.06. The van der Waals surface area contributed by atoms with E-state index in [9.17, 15) is 17.6 Å². The van der Waals surface area contributed by atoms with Crippen molar-refractivity contribution in [3.05, 3.63) is 71.1 Å². The number of sulfonamides is 1. The van der Waals surface area contributed by atoms with Gasteiger partial charge in [0.15, 0.2) is 5.82 Å². The number of carbonyl (C=O) groups excluding carboxylic acids is 1. The van der Waals surface area contributed by atoms with Crippen LogP contribution in [0.2, 0.25) is 5.02 Å². The van der Waals surface area contributed by atoms with Gasteiger partial charge >= 0.3 is 0 Å². The van der Waals surface area contributed by atoms with Gasteiger partial charge in [0.1, 0.15) is 5.82 Å². The summed E-state index contributed by atoms with van der Waals surface area (Å²) in [5.41, 5.74) is 0.261. The predicted octanol–water partition coefficient (Wildman–Crippen LogP) is 3.29. The van der Waals surface area contributed by atoms with Gasteiger partial charge in [-0.2, -0.15) is 5.10 Å². The minimum atomic E-state index is -3.99. The Morgan fingerprint density at radius 3 is 2.46 bits per heavy atom. The number of aromatic nitrogens is 2. The number of rotatable bonds is 5. The maximum absolute atomic E-state index is 13.1. The number of anilines is 2. The van der Waals surface area contributed by atoms with Gasteiger partial charge in [-0.05, 0) is 42.5 Å². The first-order chi connectivity index (χ1) is 13.2. The maximum Gasteiger partial charge on any atom is 0.264 e. The molecule has 10 heteroatoms. The quantitative estimate of drug-likeness (QED) is 0.683. The van der Waals surface area contributed by atoms with E-state index >= 15 is 0 Å². The fourth-order valence-corrected chi connectivity index (χ4v) is 3.88. The van der Waals surface area contributed by atoms with E-state index in [-0.39, 0.29) is 21.2 Å². The molecule has 0 fully saturated rings. The molecule has 0 unspecified atom stereocenters. The SMILES string of the molecule is CN(c1ccc(F)cc1)S(=O)(=O)c1ccc(Cl)c(C(=O)Nc2ccn(C)n2)c1. The molecule has 1 N–H and O–H groups in total. The Morgan fingerprint density at radius 2 is 1.86 bits per heavy atom. The van der Waals surface area contributed by atoms with E-state index in [4.69, 9.17) is 11.6 Å². The van der Waals surface area contributed by atoms with Crippen LogP contribution >= 0.6 is 11.6 Å². The molecule has 1 heterocycles. The Morgan fingerprint density at radius 1 is 1.18 bits per heavy atom. The Labute approximate surface area is 166 Å². The van der Waals surface area contributed by atoms with E-state index in [0.717, 1.165) is 16.4 Å². The predicted molar refractivity (Wildman–Crippen MR) is 105 cm³/mol. The smallest absolute Gasteiger partial charge is 0.264 e. The van der Waals surface area contributed by atoms with Crippen LogP contribution in [0.4, 0.5) is 15.9 Å². The number of amides is 1. The number of halogens is 2. The second-order valence-electron chi connectivity index (χ2n) is 5.92. The minimum Gasteiger partial charge on any atom is -0.305 e. The first kappa shape index (κ1) is 19.8. The largest absolute Gasteiger partial charge is 0.305 e. The molecule has 146 valence electrons. The topological polar surface area (TPSA) is 84.3 Å². The summed E-state index contributed by atoms with van der Waals surface area (Å²) in [7, 11) is -0.960. The zero-order valence-electron chi connectivity index (χ0n) is 14.9. The van der Waals surface area contributed by atoms with Gasteiger partial charge in [-0.1, -0.05) is 11.6 Å². The van der Waals surface area contributed by atoms with E-state index < -0.39 is 21.7 Å². The van der Waals surface area contributed by atoms with Crippen LogP contribution in [-0.2, 0) is 17.1 Å². The van der Waals surface area contributed by atoms with Crippen LogP contribution < -0.4 is 9.62 Å². The van der Waals surface area contributed by atoms with E-state index in [1.165, 1.54) is 42.1 Å². The summed E-state index contributed by atoms with van der Waals surface area (Å²) >= 11 is 6.09. The molecular weight excluding hydrogens is 407 g/mol. The molecule has 0 atom stereocenters. The summed E-state index contributed by atoms with van der Waals surface area (Å²) in [6, 6.07) is 10.4. The van der Waals surface area contributed by atoms with Gasteiger partial charge in [-0.15, -0.1) is 0 Å². The third-order valence-electron chi connectivity index (χ3n) is 3.99. The summed E-state index contributed by atoms with van der Waals surface area (Å²) in [6.45, 7) is 0. The van der Waals surface area contributed by atoms with E-state index in [2.05, 4.69) is 10.4 Å². The highest BCUT2D eigenvalue weighted by Crippen LogP contribution is 2.26. The lowest BCUT2D eigenvalue weighted by molar-refractivity contribution is 0.102. The molecule has 0 aliphatic heterocycles. The fraction of sp³-hybridized carbons (Fsp3) is 0.111. The molecule has 3 rings (SSSR count). The van der Waals surface area contributed by atoms with Crippen LogP contribution in [0.1, 0.15) is 10.4 Å². The van der Waals surface area contributed by atoms with Crippen molar-refractivity contribution in [1.82, 2.24) is 9.78 Å². The van der Waals surface area contributed by atoms with Crippen LogP contribution in [0.5, 0.6) is 0 Å². The molecule has 7 nitrogen and oxygen atoms in total. The molecule has 0 radical (unpaired) electrons. The van der Waals surface area contributed by atoms with Gasteiger partial charge in [0, 0.05) is 26.4 Å². The van der Waals surface area contributed by atoms with Gasteiger partial charge in [-0.3, -0.25) is 13.8 Å². The molecule has 3 aromatic rings. The minimum absolute atomic E-state index is 0.0131. The second kappa shape index (κ2) is 7.61. The third-order valence-corrected chi connectivity index (χ3v) is 6.10. The number of nitrogens with zero attached hydrogens (tertiary/aromatic N) is 3. The van der Waals surface area contributed by atoms with Crippen molar-refractivity contribution in [3.63, 3.8) is 0 Å². The first-order valence-corrected chi connectivity index (χ1v) is 9.85. The van der Waals surface area contributed by atoms with Crippen LogP contribution in [0.3, 0.4) is 0 Å². The molecule has 0 aliphatic carbocycles. The number of carbonyl (C=O) groups is 1. The van der Waals surface area contributed by atoms with Crippen molar-refractivity contribution >= 4 is 39.0 Å². The molecule has 0 aliphatic rings. The highest BCUT2D eigenvalue weighted by Gasteiger charge is 2.24. The fourth-order valence-electron chi connectivity index (χ4n) is 2.45. The summed E-state index contributed by atoms with van der Waals surface area (Å²) in [6.07, 6.45) is 1.65. The molecule has 0 saturated carbocycles. The van der Waals surface area contributed by atoms with Crippen molar-refractivity contribution < 1.29 is 17.6 Å². The summed E-state index contributed by atoms with van der Waals surface area (Å²) in [5, 5.41) is 6.69. The zero-order valence-corrected chi connectivity index (χ0v) is 16.5. The third kappa shape index (κ3) is 4.00. The number of nitrogens with one attached hydrogen (secondary N) is 1. The van der Waals surface area contributed by atoms with E-state index in [1.807, 2.05) is 0 Å².